The molecule has 84 valence electrons. The number of carbonyl (C=O) groups excluding carboxylic acids is 1. The Bertz CT molecular complexity index is 302. The summed E-state index contributed by atoms with van der Waals surface area (Å²) in [5, 5.41) is 0. The number of hydrogen-bond donors (Lipinski definition) is 0. The van der Waals surface area contributed by atoms with Gasteiger partial charge in [0.1, 0.15) is 12.0 Å². The minimum Gasteiger partial charge on any atom is -0.468 e. The van der Waals surface area contributed by atoms with Crippen LogP contribution in [0.15, 0.2) is 16.7 Å². The second-order valence-corrected chi connectivity index (χ2v) is 3.48. The Hall–Kier alpha value is -1.25. The van der Waals surface area contributed by atoms with Crippen molar-refractivity contribution in [3.05, 3.63) is 23.7 Å². The van der Waals surface area contributed by atoms with Crippen molar-refractivity contribution in [2.75, 3.05) is 6.61 Å². The molecule has 0 N–H and O–H groups in total. The third-order valence-electron chi connectivity index (χ3n) is 2.19. The Morgan fingerprint density at radius 1 is 1.40 bits per heavy atom. The first-order chi connectivity index (χ1) is 7.27. The molecule has 0 aliphatic carbocycles. The van der Waals surface area contributed by atoms with Crippen LogP contribution in [0.25, 0.3) is 0 Å². The zero-order valence-electron chi connectivity index (χ0n) is 9.41. The van der Waals surface area contributed by atoms with Gasteiger partial charge in [-0.2, -0.15) is 0 Å². The van der Waals surface area contributed by atoms with Crippen molar-refractivity contribution in [2.24, 2.45) is 0 Å². The highest BCUT2D eigenvalue weighted by atomic mass is 16.5. The predicted octanol–water partition coefficient (Wildman–Crippen LogP) is 3.19. The van der Waals surface area contributed by atoms with Crippen LogP contribution in [-0.2, 0) is 11.2 Å². The molecule has 0 bridgehead atoms. The third kappa shape index (κ3) is 3.78. The van der Waals surface area contributed by atoms with E-state index in [1.165, 1.54) is 19.1 Å². The van der Waals surface area contributed by atoms with E-state index >= 15 is 0 Å². The zero-order valence-corrected chi connectivity index (χ0v) is 9.41. The molecule has 0 fully saturated rings. The molecule has 0 aliphatic heterocycles. The monoisotopic (exact) mass is 210 g/mol. The predicted molar refractivity (Wildman–Crippen MR) is 57.9 cm³/mol. The number of hydrogen-bond acceptors (Lipinski definition) is 3. The maximum Gasteiger partial charge on any atom is 0.341 e. The average molecular weight is 210 g/mol. The van der Waals surface area contributed by atoms with Gasteiger partial charge in [-0.15, -0.1) is 0 Å². The number of aryl methyl sites for hydroxylation is 1. The van der Waals surface area contributed by atoms with Gasteiger partial charge in [0.25, 0.3) is 0 Å². The lowest BCUT2D eigenvalue weighted by molar-refractivity contribution is 0.0525. The van der Waals surface area contributed by atoms with Crippen molar-refractivity contribution in [3.8, 4) is 0 Å². The lowest BCUT2D eigenvalue weighted by Crippen LogP contribution is -2.02. The van der Waals surface area contributed by atoms with Gasteiger partial charge in [0.15, 0.2) is 0 Å². The molecule has 3 heteroatoms. The van der Waals surface area contributed by atoms with Gasteiger partial charge >= 0.3 is 5.97 Å². The first-order valence-electron chi connectivity index (χ1n) is 5.52. The molecule has 0 saturated carbocycles. The third-order valence-corrected chi connectivity index (χ3v) is 2.19. The average Bonchev–Trinajstić information content (AvgIpc) is 2.67. The van der Waals surface area contributed by atoms with E-state index in [1.807, 2.05) is 0 Å². The Balaban J connectivity index is 2.45. The van der Waals surface area contributed by atoms with Crippen LogP contribution in [0.2, 0.25) is 0 Å². The van der Waals surface area contributed by atoms with Crippen LogP contribution in [0.5, 0.6) is 0 Å². The van der Waals surface area contributed by atoms with E-state index < -0.39 is 0 Å². The summed E-state index contributed by atoms with van der Waals surface area (Å²) in [6, 6.07) is 1.77. The lowest BCUT2D eigenvalue weighted by Gasteiger charge is -1.96. The Morgan fingerprint density at radius 2 is 2.20 bits per heavy atom. The summed E-state index contributed by atoms with van der Waals surface area (Å²) < 4.78 is 10.1. The summed E-state index contributed by atoms with van der Waals surface area (Å²) in [6.45, 7) is 4.35. The molecule has 3 nitrogen and oxygen atoms in total. The molecule has 0 amide bonds. The van der Waals surface area contributed by atoms with Gasteiger partial charge in [-0.3, -0.25) is 0 Å². The highest BCUT2D eigenvalue weighted by molar-refractivity contribution is 5.89. The van der Waals surface area contributed by atoms with E-state index in [1.54, 1.807) is 13.0 Å². The Labute approximate surface area is 90.4 Å². The van der Waals surface area contributed by atoms with Crippen LogP contribution in [0.1, 0.15) is 49.2 Å². The number of furan rings is 1. The van der Waals surface area contributed by atoms with Crippen molar-refractivity contribution < 1.29 is 13.9 Å². The maximum atomic E-state index is 11.3. The lowest BCUT2D eigenvalue weighted by atomic mass is 10.1. The second-order valence-electron chi connectivity index (χ2n) is 3.48. The molecule has 15 heavy (non-hydrogen) atoms. The quantitative estimate of drug-likeness (QED) is 0.534. The van der Waals surface area contributed by atoms with E-state index in [4.69, 9.17) is 9.15 Å². The topological polar surface area (TPSA) is 39.4 Å². The smallest absolute Gasteiger partial charge is 0.341 e. The van der Waals surface area contributed by atoms with Crippen molar-refractivity contribution in [3.63, 3.8) is 0 Å². The van der Waals surface area contributed by atoms with Gasteiger partial charge in [-0.05, 0) is 19.4 Å². The molecule has 1 aromatic rings. The van der Waals surface area contributed by atoms with Crippen LogP contribution < -0.4 is 0 Å². The van der Waals surface area contributed by atoms with Gasteiger partial charge < -0.3 is 9.15 Å². The summed E-state index contributed by atoms with van der Waals surface area (Å²) in [5.74, 6) is 0.564. The fourth-order valence-electron chi connectivity index (χ4n) is 1.38. The van der Waals surface area contributed by atoms with Crippen molar-refractivity contribution in [2.45, 2.75) is 39.5 Å². The summed E-state index contributed by atoms with van der Waals surface area (Å²) >= 11 is 0. The minimum atomic E-state index is -0.303. The zero-order chi connectivity index (χ0) is 11.1. The fraction of sp³-hybridized carbons (Fsp3) is 0.583. The number of rotatable bonds is 6. The van der Waals surface area contributed by atoms with Crippen LogP contribution in [0.3, 0.4) is 0 Å². The van der Waals surface area contributed by atoms with E-state index in [2.05, 4.69) is 6.92 Å². The molecule has 1 rings (SSSR count). The molecule has 1 heterocycles. The van der Waals surface area contributed by atoms with E-state index in [-0.39, 0.29) is 5.97 Å². The molecule has 0 aliphatic rings. The highest BCUT2D eigenvalue weighted by Gasteiger charge is 2.10. The van der Waals surface area contributed by atoms with E-state index in [0.717, 1.165) is 18.6 Å². The largest absolute Gasteiger partial charge is 0.468 e. The highest BCUT2D eigenvalue weighted by Crippen LogP contribution is 2.12. The van der Waals surface area contributed by atoms with Gasteiger partial charge in [-0.1, -0.05) is 19.8 Å². The van der Waals surface area contributed by atoms with E-state index in [9.17, 15) is 4.79 Å². The SMILES string of the molecule is CCCCCc1cc(C(=O)OCC)co1. The molecule has 1 aromatic heterocycles. The first-order valence-corrected chi connectivity index (χ1v) is 5.52. The summed E-state index contributed by atoms with van der Waals surface area (Å²) in [6.07, 6.45) is 5.85. The van der Waals surface area contributed by atoms with Gasteiger partial charge in [0.05, 0.1) is 12.2 Å². The van der Waals surface area contributed by atoms with Gasteiger partial charge in [-0.25, -0.2) is 4.79 Å². The van der Waals surface area contributed by atoms with Crippen molar-refractivity contribution >= 4 is 5.97 Å². The molecule has 0 unspecified atom stereocenters. The van der Waals surface area contributed by atoms with Crippen LogP contribution >= 0.6 is 0 Å². The fourth-order valence-corrected chi connectivity index (χ4v) is 1.38. The standard InChI is InChI=1S/C12H18O3/c1-3-5-6-7-11-8-10(9-15-11)12(13)14-4-2/h8-9H,3-7H2,1-2H3. The van der Waals surface area contributed by atoms with Gasteiger partial charge in [0.2, 0.25) is 0 Å². The number of carbonyl (C=O) groups is 1. The van der Waals surface area contributed by atoms with E-state index in [0.29, 0.717) is 12.2 Å². The van der Waals surface area contributed by atoms with Crippen LogP contribution in [0, 0.1) is 0 Å². The summed E-state index contributed by atoms with van der Waals surface area (Å²) in [5.41, 5.74) is 0.517. The van der Waals surface area contributed by atoms with Gasteiger partial charge in [0, 0.05) is 6.42 Å². The Morgan fingerprint density at radius 3 is 2.87 bits per heavy atom. The first kappa shape index (κ1) is 11.8. The van der Waals surface area contributed by atoms with Crippen molar-refractivity contribution in [1.82, 2.24) is 0 Å². The number of unbranched alkanes of at least 4 members (excludes halogenated alkanes) is 2. The Kier molecular flexibility index (Phi) is 4.95. The van der Waals surface area contributed by atoms with Crippen LogP contribution in [0.4, 0.5) is 0 Å². The molecular weight excluding hydrogens is 192 g/mol. The molecule has 0 aromatic carbocycles. The van der Waals surface area contributed by atoms with Crippen molar-refractivity contribution in [1.29, 1.82) is 0 Å². The second kappa shape index (κ2) is 6.27. The number of ether oxygens (including phenoxy) is 1. The number of esters is 1. The van der Waals surface area contributed by atoms with Crippen LogP contribution in [-0.4, -0.2) is 12.6 Å². The normalized spacial score (nSPS) is 10.3. The molecular formula is C12H18O3. The molecule has 0 saturated heterocycles. The summed E-state index contributed by atoms with van der Waals surface area (Å²) in [7, 11) is 0. The molecule has 0 spiro atoms. The molecule has 0 atom stereocenters. The summed E-state index contributed by atoms with van der Waals surface area (Å²) in [4.78, 5) is 11.3. The minimum absolute atomic E-state index is 0.303. The molecule has 0 radical (unpaired) electrons. The maximum absolute atomic E-state index is 11.3.